The molecule has 0 aliphatic carbocycles. The summed E-state index contributed by atoms with van der Waals surface area (Å²) < 4.78 is 0. The Morgan fingerprint density at radius 3 is 2.36 bits per heavy atom. The maximum Gasteiger partial charge on any atom is 0.0256 e. The van der Waals surface area contributed by atoms with Crippen molar-refractivity contribution < 1.29 is 0 Å². The van der Waals surface area contributed by atoms with Gasteiger partial charge in [-0.25, -0.2) is 0 Å². The highest BCUT2D eigenvalue weighted by Gasteiger charge is 2.32. The minimum Gasteiger partial charge on any atom is -0.308 e. The highest BCUT2D eigenvalue weighted by Crippen LogP contribution is 2.52. The molecule has 1 rings (SSSR count). The summed E-state index contributed by atoms with van der Waals surface area (Å²) in [6.07, 6.45) is 2.29. The van der Waals surface area contributed by atoms with Gasteiger partial charge in [-0.2, -0.15) is 0 Å². The summed E-state index contributed by atoms with van der Waals surface area (Å²) in [6.45, 7) is 5.50. The molecule has 0 aromatic heterocycles. The van der Waals surface area contributed by atoms with Gasteiger partial charge < -0.3 is 4.90 Å². The highest BCUT2D eigenvalue weighted by molar-refractivity contribution is 7.45. The van der Waals surface area contributed by atoms with Crippen molar-refractivity contribution in [3.8, 4) is 0 Å². The zero-order valence-corrected chi connectivity index (χ0v) is 8.57. The Balaban J connectivity index is 2.36. The third-order valence-electron chi connectivity index (χ3n) is 1.90. The van der Waals surface area contributed by atoms with E-state index >= 15 is 0 Å². The fourth-order valence-electron chi connectivity index (χ4n) is 1.05. The highest BCUT2D eigenvalue weighted by atomic mass is 31.1. The van der Waals surface area contributed by atoms with Gasteiger partial charge in [-0.3, -0.25) is 0 Å². The Morgan fingerprint density at radius 1 is 1.36 bits per heavy atom. The predicted molar refractivity (Wildman–Crippen MR) is 50.9 cm³/mol. The molecule has 61 valence electrons. The smallest absolute Gasteiger partial charge is 0.0256 e. The van der Waals surface area contributed by atoms with E-state index in [9.17, 15) is 0 Å². The van der Waals surface area contributed by atoms with Gasteiger partial charge >= 0.3 is 0 Å². The van der Waals surface area contributed by atoms with Crippen LogP contribution in [0.4, 0.5) is 0 Å². The lowest BCUT2D eigenvalue weighted by molar-refractivity contribution is 0.436. The van der Waals surface area contributed by atoms with Crippen LogP contribution in [0.5, 0.6) is 0 Å². The van der Waals surface area contributed by atoms with E-state index in [0.717, 1.165) is 6.54 Å². The van der Waals surface area contributed by atoms with Crippen molar-refractivity contribution in [1.82, 2.24) is 4.90 Å². The quantitative estimate of drug-likeness (QED) is 0.572. The molecule has 5 radical (unpaired) electrons. The summed E-state index contributed by atoms with van der Waals surface area (Å²) in [6, 6.07) is 0. The second kappa shape index (κ2) is 3.87. The lowest BCUT2D eigenvalue weighted by atomic mass is 9.95. The molecule has 0 amide bonds. The maximum atomic E-state index is 2.29. The number of nitrogens with zero attached hydrogens (tertiary/aromatic N) is 1. The first-order valence-corrected chi connectivity index (χ1v) is 4.80. The van der Waals surface area contributed by atoms with Crippen LogP contribution < -0.4 is 0 Å². The van der Waals surface area contributed by atoms with Gasteiger partial charge in [0.15, 0.2) is 0 Å². The van der Waals surface area contributed by atoms with Gasteiger partial charge in [0.1, 0.15) is 0 Å². The second-order valence-electron chi connectivity index (χ2n) is 3.25. The normalized spacial score (nSPS) is 25.9. The molecule has 1 nitrogen and oxygen atoms in total. The van der Waals surface area contributed by atoms with E-state index in [-0.39, 0.29) is 0 Å². The Labute approximate surface area is 72.3 Å². The molecule has 0 bridgehead atoms. The van der Waals surface area contributed by atoms with Crippen LogP contribution in [-0.2, 0) is 0 Å². The topological polar surface area (TPSA) is 3.24 Å². The zero-order chi connectivity index (χ0) is 8.43. The van der Waals surface area contributed by atoms with Crippen molar-refractivity contribution >= 4 is 8.58 Å². The SMILES string of the molecule is C[C]1[CH][P][C](CN(C)C)[C]1C. The van der Waals surface area contributed by atoms with Crippen LogP contribution in [0, 0.1) is 23.7 Å². The zero-order valence-electron chi connectivity index (χ0n) is 7.68. The first-order valence-electron chi connectivity index (χ1n) is 3.83. The van der Waals surface area contributed by atoms with Crippen molar-refractivity contribution in [3.63, 3.8) is 0 Å². The van der Waals surface area contributed by atoms with Crippen LogP contribution in [0.15, 0.2) is 0 Å². The summed E-state index contributed by atoms with van der Waals surface area (Å²) in [4.78, 5) is 2.22. The molecular formula is C9H15NP. The van der Waals surface area contributed by atoms with Crippen LogP contribution in [0.2, 0.25) is 0 Å². The Morgan fingerprint density at radius 2 is 2.00 bits per heavy atom. The molecular weight excluding hydrogens is 153 g/mol. The molecule has 0 spiro atoms. The van der Waals surface area contributed by atoms with Crippen molar-refractivity contribution in [2.75, 3.05) is 20.6 Å². The van der Waals surface area contributed by atoms with Gasteiger partial charge in [-0.05, 0) is 32.1 Å². The van der Waals surface area contributed by atoms with E-state index < -0.39 is 0 Å². The Kier molecular flexibility index (Phi) is 3.33. The molecule has 1 aliphatic rings. The molecule has 2 heteroatoms. The third kappa shape index (κ3) is 2.42. The van der Waals surface area contributed by atoms with Gasteiger partial charge in [-0.15, -0.1) is 0 Å². The van der Waals surface area contributed by atoms with Crippen molar-refractivity contribution in [3.05, 3.63) is 23.7 Å². The van der Waals surface area contributed by atoms with Crippen molar-refractivity contribution in [1.29, 1.82) is 0 Å². The molecule has 1 heterocycles. The van der Waals surface area contributed by atoms with E-state index in [4.69, 9.17) is 0 Å². The number of rotatable bonds is 2. The summed E-state index contributed by atoms with van der Waals surface area (Å²) >= 11 is 0. The average Bonchev–Trinajstić information content (AvgIpc) is 2.18. The molecule has 1 aliphatic heterocycles. The average molecular weight is 168 g/mol. The lowest BCUT2D eigenvalue weighted by Gasteiger charge is -2.19. The van der Waals surface area contributed by atoms with E-state index in [0.29, 0.717) is 0 Å². The van der Waals surface area contributed by atoms with Gasteiger partial charge in [0.05, 0.1) is 0 Å². The van der Waals surface area contributed by atoms with E-state index in [2.05, 4.69) is 39.0 Å². The van der Waals surface area contributed by atoms with Crippen LogP contribution in [0.25, 0.3) is 0 Å². The summed E-state index contributed by atoms with van der Waals surface area (Å²) in [7, 11) is 5.63. The van der Waals surface area contributed by atoms with Crippen molar-refractivity contribution in [2.24, 2.45) is 0 Å². The summed E-state index contributed by atoms with van der Waals surface area (Å²) in [5, 5.41) is 0. The van der Waals surface area contributed by atoms with Crippen LogP contribution in [-0.4, -0.2) is 25.5 Å². The van der Waals surface area contributed by atoms with Crippen molar-refractivity contribution in [2.45, 2.75) is 13.8 Å². The minimum atomic E-state index is 1.10. The summed E-state index contributed by atoms with van der Waals surface area (Å²) in [5.74, 6) is 2.93. The van der Waals surface area contributed by atoms with E-state index in [1.54, 1.807) is 5.66 Å². The fourth-order valence-corrected chi connectivity index (χ4v) is 2.33. The lowest BCUT2D eigenvalue weighted by Crippen LogP contribution is -2.19. The van der Waals surface area contributed by atoms with Gasteiger partial charge in [0.2, 0.25) is 0 Å². The molecule has 1 fully saturated rings. The Bertz CT molecular complexity index is 125. The monoisotopic (exact) mass is 168 g/mol. The molecule has 0 N–H and O–H groups in total. The molecule has 11 heavy (non-hydrogen) atoms. The predicted octanol–water partition coefficient (Wildman–Crippen LogP) is 2.39. The van der Waals surface area contributed by atoms with Crippen LogP contribution >= 0.6 is 8.58 Å². The molecule has 0 unspecified atom stereocenters. The molecule has 0 aromatic rings. The van der Waals surface area contributed by atoms with Crippen LogP contribution in [0.3, 0.4) is 0 Å². The molecule has 0 saturated carbocycles. The van der Waals surface area contributed by atoms with Gasteiger partial charge in [0.25, 0.3) is 0 Å². The van der Waals surface area contributed by atoms with E-state index in [1.807, 2.05) is 0 Å². The molecule has 0 aromatic carbocycles. The number of hydrogen-bond donors (Lipinski definition) is 0. The largest absolute Gasteiger partial charge is 0.308 e. The molecule has 0 atom stereocenters. The first-order chi connectivity index (χ1) is 5.11. The Hall–Kier alpha value is 0.390. The second-order valence-corrected chi connectivity index (χ2v) is 4.31. The van der Waals surface area contributed by atoms with Crippen LogP contribution in [0.1, 0.15) is 13.8 Å². The first kappa shape index (κ1) is 9.48. The fraction of sp³-hybridized carbons (Fsp3) is 0.556. The minimum absolute atomic E-state index is 1.10. The summed E-state index contributed by atoms with van der Waals surface area (Å²) in [5.41, 5.74) is 1.55. The number of hydrogen-bond acceptors (Lipinski definition) is 1. The van der Waals surface area contributed by atoms with Gasteiger partial charge in [0, 0.05) is 12.2 Å². The van der Waals surface area contributed by atoms with E-state index in [1.165, 1.54) is 20.4 Å². The maximum absolute atomic E-state index is 2.29. The van der Waals surface area contributed by atoms with Gasteiger partial charge in [-0.1, -0.05) is 22.4 Å². The standard InChI is InChI=1S/C9H15NP/c1-7-6-11-9(8(7)2)5-10(3)4/h6H,5H2,1-4H3. The third-order valence-corrected chi connectivity index (χ3v) is 3.21. The molecule has 1 saturated heterocycles.